The van der Waals surface area contributed by atoms with Crippen LogP contribution in [0.15, 0.2) is 145 Å². The lowest BCUT2D eigenvalue weighted by molar-refractivity contribution is 0.102. The molecule has 6 rings (SSSR count). The lowest BCUT2D eigenvalue weighted by Crippen LogP contribution is -2.37. The van der Waals surface area contributed by atoms with E-state index in [-0.39, 0.29) is 28.9 Å². The minimum absolute atomic E-state index is 0.0651. The topological polar surface area (TPSA) is 67.2 Å². The Morgan fingerprint density at radius 2 is 1.50 bits per heavy atom. The maximum atomic E-state index is 15.0. The van der Waals surface area contributed by atoms with E-state index in [9.17, 15) is 14.3 Å². The molecule has 9 heteroatoms. The zero-order valence-electron chi connectivity index (χ0n) is 23.0. The van der Waals surface area contributed by atoms with Crippen molar-refractivity contribution >= 4 is 39.1 Å². The highest BCUT2D eigenvalue weighted by Crippen LogP contribution is 2.41. The van der Waals surface area contributed by atoms with Gasteiger partial charge in [0.05, 0.1) is 11.9 Å². The summed E-state index contributed by atoms with van der Waals surface area (Å²) in [4.78, 5) is 16.1. The molecule has 0 fully saturated rings. The molecular weight excluding hydrogens is 648 g/mol. The van der Waals surface area contributed by atoms with Crippen LogP contribution in [-0.4, -0.2) is 20.6 Å². The molecule has 1 amide bonds. The molecule has 220 valence electrons. The van der Waals surface area contributed by atoms with Crippen LogP contribution in [0.3, 0.4) is 0 Å². The predicted octanol–water partition coefficient (Wildman–Crippen LogP) is 9.06. The highest BCUT2D eigenvalue weighted by Gasteiger charge is 2.40. The summed E-state index contributed by atoms with van der Waals surface area (Å²) in [5.74, 6) is -1.12. The number of imidazole rings is 1. The maximum Gasteiger partial charge on any atom is 0.259 e. The second kappa shape index (κ2) is 13.7. The third kappa shape index (κ3) is 6.56. The number of phenolic OH excluding ortho intramolecular Hbond substituents is 1. The van der Waals surface area contributed by atoms with Crippen LogP contribution in [0, 0.1) is 11.6 Å². The van der Waals surface area contributed by atoms with Crippen molar-refractivity contribution in [2.45, 2.75) is 5.54 Å². The zero-order valence-corrected chi connectivity index (χ0v) is 25.4. The predicted molar refractivity (Wildman–Crippen MR) is 172 cm³/mol. The molecule has 5 aromatic carbocycles. The summed E-state index contributed by atoms with van der Waals surface area (Å²) in [6.45, 7) is 0. The number of phenols is 1. The highest BCUT2D eigenvalue weighted by molar-refractivity contribution is 9.10. The van der Waals surface area contributed by atoms with Crippen LogP contribution in [0.25, 0.3) is 0 Å². The minimum Gasteiger partial charge on any atom is -0.507 e. The molecule has 0 saturated heterocycles. The molecular formula is C35H25BrClF2N3O2. The van der Waals surface area contributed by atoms with Crippen molar-refractivity contribution in [3.05, 3.63) is 183 Å². The van der Waals surface area contributed by atoms with E-state index in [0.29, 0.717) is 16.3 Å². The quantitative estimate of drug-likeness (QED) is 0.174. The van der Waals surface area contributed by atoms with E-state index in [1.807, 2.05) is 34.9 Å². The van der Waals surface area contributed by atoms with Crippen molar-refractivity contribution in [2.24, 2.45) is 0 Å². The number of amides is 1. The van der Waals surface area contributed by atoms with Gasteiger partial charge >= 0.3 is 0 Å². The van der Waals surface area contributed by atoms with Gasteiger partial charge in [0.2, 0.25) is 0 Å². The van der Waals surface area contributed by atoms with Crippen molar-refractivity contribution < 1.29 is 18.7 Å². The summed E-state index contributed by atoms with van der Waals surface area (Å²) >= 11 is 9.00. The Hall–Kier alpha value is -4.79. The van der Waals surface area contributed by atoms with E-state index in [4.69, 9.17) is 11.6 Å². The summed E-state index contributed by atoms with van der Waals surface area (Å²) in [6.07, 6.45) is 5.10. The minimum atomic E-state index is -1.00. The molecule has 1 heterocycles. The molecule has 0 radical (unpaired) electrons. The Morgan fingerprint density at radius 3 is 2.16 bits per heavy atom. The number of anilines is 1. The van der Waals surface area contributed by atoms with E-state index in [2.05, 4.69) is 26.2 Å². The summed E-state index contributed by atoms with van der Waals surface area (Å²) < 4.78 is 31.2. The van der Waals surface area contributed by atoms with Crippen LogP contribution >= 0.6 is 27.5 Å². The van der Waals surface area contributed by atoms with Gasteiger partial charge in [0.15, 0.2) is 0 Å². The number of hydrogen-bond donors (Lipinski definition) is 2. The Kier molecular flexibility index (Phi) is 9.53. The first-order chi connectivity index (χ1) is 21.3. The number of aromatic nitrogens is 2. The molecule has 0 aliphatic rings. The Bertz CT molecular complexity index is 1850. The molecule has 1 aromatic heterocycles. The number of carbonyl (C=O) groups excluding carboxylic acids is 1. The summed E-state index contributed by atoms with van der Waals surface area (Å²) in [6, 6.07) is 33.8. The molecule has 6 aromatic rings. The summed E-state index contributed by atoms with van der Waals surface area (Å²) in [5.41, 5.74) is 1.89. The molecule has 0 saturated carbocycles. The first-order valence-corrected chi connectivity index (χ1v) is 14.6. The van der Waals surface area contributed by atoms with Gasteiger partial charge in [-0.2, -0.15) is 0 Å². The van der Waals surface area contributed by atoms with E-state index >= 15 is 4.39 Å². The number of halogens is 4. The van der Waals surface area contributed by atoms with E-state index in [1.165, 1.54) is 24.3 Å². The number of aromatic hydroxyl groups is 1. The van der Waals surface area contributed by atoms with Gasteiger partial charge in [-0.3, -0.25) is 4.79 Å². The molecule has 1 atom stereocenters. The largest absolute Gasteiger partial charge is 0.507 e. The standard InChI is InChI=1S/C22H16F2N2.C13H9BrClNO2/c23-19-12-10-18(11-13-19)22(26-15-14-25-16-26,17-6-2-1-3-7-17)20-8-4-5-9-21(20)24;14-8-1-6-12(17)11(7-8)13(18)16-10-4-2-9(15)3-5-10/h1-16H;1-7,17H,(H,16,18). The van der Waals surface area contributed by atoms with Crippen molar-refractivity contribution in [1.82, 2.24) is 9.55 Å². The molecule has 44 heavy (non-hydrogen) atoms. The van der Waals surface area contributed by atoms with Crippen molar-refractivity contribution in [3.8, 4) is 5.75 Å². The molecule has 0 aliphatic heterocycles. The monoisotopic (exact) mass is 671 g/mol. The van der Waals surface area contributed by atoms with Crippen LogP contribution < -0.4 is 5.32 Å². The van der Waals surface area contributed by atoms with Gasteiger partial charge in [-0.05, 0) is 71.8 Å². The Labute approximate surface area is 266 Å². The molecule has 1 unspecified atom stereocenters. The van der Waals surface area contributed by atoms with Crippen molar-refractivity contribution in [2.75, 3.05) is 5.32 Å². The van der Waals surface area contributed by atoms with Crippen molar-refractivity contribution in [3.63, 3.8) is 0 Å². The Balaban J connectivity index is 0.000000187. The van der Waals surface area contributed by atoms with Gasteiger partial charge in [0.25, 0.3) is 5.91 Å². The lowest BCUT2D eigenvalue weighted by atomic mass is 9.76. The molecule has 0 bridgehead atoms. The fourth-order valence-corrected chi connectivity index (χ4v) is 5.41. The third-order valence-corrected chi connectivity index (χ3v) is 7.66. The van der Waals surface area contributed by atoms with E-state index in [0.717, 1.165) is 15.6 Å². The molecule has 5 nitrogen and oxygen atoms in total. The van der Waals surface area contributed by atoms with Crippen LogP contribution in [-0.2, 0) is 5.54 Å². The summed E-state index contributed by atoms with van der Waals surface area (Å²) in [5, 5.41) is 12.9. The van der Waals surface area contributed by atoms with Gasteiger partial charge in [-0.15, -0.1) is 0 Å². The van der Waals surface area contributed by atoms with Gasteiger partial charge < -0.3 is 15.0 Å². The average Bonchev–Trinajstić information content (AvgIpc) is 3.58. The lowest BCUT2D eigenvalue weighted by Gasteiger charge is -2.37. The van der Waals surface area contributed by atoms with Gasteiger partial charge in [-0.1, -0.05) is 88.2 Å². The first-order valence-electron chi connectivity index (χ1n) is 13.4. The fraction of sp³-hybridized carbons (Fsp3) is 0.0286. The van der Waals surface area contributed by atoms with Crippen LogP contribution in [0.2, 0.25) is 5.02 Å². The van der Waals surface area contributed by atoms with E-state index in [1.54, 1.807) is 85.5 Å². The normalized spacial score (nSPS) is 12.0. The van der Waals surface area contributed by atoms with Crippen molar-refractivity contribution in [1.29, 1.82) is 0 Å². The first kappa shape index (κ1) is 30.7. The second-order valence-electron chi connectivity index (χ2n) is 9.66. The summed E-state index contributed by atoms with van der Waals surface area (Å²) in [7, 11) is 0. The fourth-order valence-electron chi connectivity index (χ4n) is 4.92. The van der Waals surface area contributed by atoms with Crippen LogP contribution in [0.4, 0.5) is 14.5 Å². The third-order valence-electron chi connectivity index (χ3n) is 6.91. The second-order valence-corrected chi connectivity index (χ2v) is 11.0. The number of rotatable bonds is 6. The average molecular weight is 673 g/mol. The van der Waals surface area contributed by atoms with E-state index < -0.39 is 5.54 Å². The number of carbonyl (C=O) groups is 1. The van der Waals surface area contributed by atoms with Crippen LogP contribution in [0.1, 0.15) is 27.0 Å². The van der Waals surface area contributed by atoms with Gasteiger partial charge in [0.1, 0.15) is 22.9 Å². The molecule has 0 aliphatic carbocycles. The van der Waals surface area contributed by atoms with Crippen LogP contribution in [0.5, 0.6) is 5.75 Å². The van der Waals surface area contributed by atoms with Gasteiger partial charge in [0, 0.05) is 33.1 Å². The molecule has 2 N–H and O–H groups in total. The zero-order chi connectivity index (χ0) is 31.1. The maximum absolute atomic E-state index is 15.0. The number of nitrogens with one attached hydrogen (secondary N) is 1. The smallest absolute Gasteiger partial charge is 0.259 e. The molecule has 0 spiro atoms. The SMILES string of the molecule is Fc1ccc(C(c2ccccc2)(c2ccccc2F)n2ccnc2)cc1.O=C(Nc1ccc(Cl)cc1)c1cc(Br)ccc1O. The highest BCUT2D eigenvalue weighted by atomic mass is 79.9. The van der Waals surface area contributed by atoms with Gasteiger partial charge in [-0.25, -0.2) is 13.8 Å². The number of nitrogens with zero attached hydrogens (tertiary/aromatic N) is 2. The number of hydrogen-bond acceptors (Lipinski definition) is 3. The number of benzene rings is 5. The Morgan fingerprint density at radius 1 is 0.841 bits per heavy atom.